The molecule has 186 valence electrons. The van der Waals surface area contributed by atoms with E-state index >= 15 is 0 Å². The maximum atomic E-state index is 12.6. The van der Waals surface area contributed by atoms with Gasteiger partial charge in [-0.1, -0.05) is 146 Å². The van der Waals surface area contributed by atoms with Gasteiger partial charge < -0.3 is 0 Å². The number of carbonyl (C=O) groups is 2. The molecular weight excluding hydrogens is 464 g/mol. The Morgan fingerprint density at radius 1 is 0.421 bits per heavy atom. The molecule has 0 saturated carbocycles. The number of allylic oxidation sites excluding steroid dienone is 2. The number of benzene rings is 4. The number of rotatable bonds is 10. The minimum Gasteiger partial charge on any atom is -0.294 e. The van der Waals surface area contributed by atoms with Crippen LogP contribution < -0.4 is 0 Å². The monoisotopic (exact) mass is 494 g/mol. The molecule has 0 fully saturated rings. The molecule has 0 saturated heterocycles. The maximum absolute atomic E-state index is 12.6. The number of hydrogen-bond acceptors (Lipinski definition) is 2. The quantitative estimate of drug-likeness (QED) is 0.126. The summed E-state index contributed by atoms with van der Waals surface area (Å²) in [5.41, 5.74) is 6.25. The van der Waals surface area contributed by atoms with Crippen LogP contribution in [0.1, 0.15) is 40.3 Å². The molecule has 2 heteroatoms. The summed E-state index contributed by atoms with van der Waals surface area (Å²) in [5.74, 6) is -1.16. The lowest BCUT2D eigenvalue weighted by Crippen LogP contribution is -2.17. The molecule has 0 bridgehead atoms. The first kappa shape index (κ1) is 26.2. The zero-order valence-corrected chi connectivity index (χ0v) is 21.4. The maximum Gasteiger partial charge on any atom is 0.166 e. The van der Waals surface area contributed by atoms with E-state index in [-0.39, 0.29) is 11.6 Å². The van der Waals surface area contributed by atoms with Gasteiger partial charge >= 0.3 is 0 Å². The Hall–Kier alpha value is -4.82. The molecule has 2 nitrogen and oxygen atoms in total. The molecule has 4 rings (SSSR count). The third-order valence-corrected chi connectivity index (χ3v) is 6.14. The van der Waals surface area contributed by atoms with Gasteiger partial charge in [0.1, 0.15) is 0 Å². The highest BCUT2D eigenvalue weighted by molar-refractivity contribution is 6.13. The summed E-state index contributed by atoms with van der Waals surface area (Å²) in [7, 11) is 0. The average molecular weight is 495 g/mol. The van der Waals surface area contributed by atoms with Gasteiger partial charge in [0, 0.05) is 0 Å². The van der Waals surface area contributed by atoms with Crippen LogP contribution in [0.5, 0.6) is 0 Å². The molecule has 0 aromatic heterocycles. The van der Waals surface area contributed by atoms with Crippen molar-refractivity contribution < 1.29 is 9.59 Å². The SMILES string of the molecule is CC(C(=O)/C=C/c1ccc(/C=C/c2ccccc2)cc1)C(=O)/C=C/c1ccc(/C=C/c2ccccc2)cc1. The van der Waals surface area contributed by atoms with Gasteiger partial charge in [0.25, 0.3) is 0 Å². The summed E-state index contributed by atoms with van der Waals surface area (Å²) in [6, 6.07) is 36.1. The van der Waals surface area contributed by atoms with Crippen molar-refractivity contribution in [3.8, 4) is 0 Å². The number of carbonyl (C=O) groups excluding carboxylic acids is 2. The fourth-order valence-corrected chi connectivity index (χ4v) is 3.74. The summed E-state index contributed by atoms with van der Waals surface area (Å²) in [6.07, 6.45) is 14.7. The Morgan fingerprint density at radius 2 is 0.684 bits per heavy atom. The largest absolute Gasteiger partial charge is 0.294 e. The first-order valence-corrected chi connectivity index (χ1v) is 12.7. The lowest BCUT2D eigenvalue weighted by Gasteiger charge is -2.03. The first-order valence-electron chi connectivity index (χ1n) is 12.7. The van der Waals surface area contributed by atoms with Crippen LogP contribution in [0.2, 0.25) is 0 Å². The van der Waals surface area contributed by atoms with E-state index in [4.69, 9.17) is 0 Å². The van der Waals surface area contributed by atoms with Crippen molar-refractivity contribution >= 4 is 48.0 Å². The molecule has 0 spiro atoms. The Morgan fingerprint density at radius 3 is 1.00 bits per heavy atom. The van der Waals surface area contributed by atoms with Gasteiger partial charge in [0.2, 0.25) is 0 Å². The van der Waals surface area contributed by atoms with Crippen molar-refractivity contribution in [3.63, 3.8) is 0 Å². The van der Waals surface area contributed by atoms with E-state index in [1.165, 1.54) is 12.2 Å². The second kappa shape index (κ2) is 13.5. The molecule has 0 heterocycles. The van der Waals surface area contributed by atoms with E-state index in [0.717, 1.165) is 33.4 Å². The minimum atomic E-state index is -0.733. The highest BCUT2D eigenvalue weighted by Crippen LogP contribution is 2.14. The van der Waals surface area contributed by atoms with Crippen molar-refractivity contribution in [1.82, 2.24) is 0 Å². The van der Waals surface area contributed by atoms with E-state index in [2.05, 4.69) is 48.6 Å². The van der Waals surface area contributed by atoms with Gasteiger partial charge in [0.15, 0.2) is 11.6 Å². The normalized spacial score (nSPS) is 11.8. The molecule has 0 aliphatic carbocycles. The topological polar surface area (TPSA) is 34.1 Å². The second-order valence-corrected chi connectivity index (χ2v) is 9.01. The van der Waals surface area contributed by atoms with Crippen LogP contribution in [-0.2, 0) is 9.59 Å². The van der Waals surface area contributed by atoms with Crippen molar-refractivity contribution in [3.05, 3.63) is 155 Å². The van der Waals surface area contributed by atoms with Crippen LogP contribution in [0.3, 0.4) is 0 Å². The van der Waals surface area contributed by atoms with Gasteiger partial charge in [-0.05, 0) is 52.5 Å². The predicted molar refractivity (Wildman–Crippen MR) is 161 cm³/mol. The van der Waals surface area contributed by atoms with E-state index < -0.39 is 5.92 Å². The molecule has 4 aromatic rings. The van der Waals surface area contributed by atoms with Crippen LogP contribution in [-0.4, -0.2) is 11.6 Å². The average Bonchev–Trinajstić information content (AvgIpc) is 2.98. The molecule has 0 aliphatic heterocycles. The lowest BCUT2D eigenvalue weighted by molar-refractivity contribution is -0.126. The van der Waals surface area contributed by atoms with Crippen molar-refractivity contribution in [1.29, 1.82) is 0 Å². The molecule has 4 aromatic carbocycles. The van der Waals surface area contributed by atoms with Crippen LogP contribution >= 0.6 is 0 Å². The van der Waals surface area contributed by atoms with Crippen LogP contribution in [0.25, 0.3) is 36.5 Å². The summed E-state index contributed by atoms with van der Waals surface area (Å²) in [5, 5.41) is 0. The van der Waals surface area contributed by atoms with Crippen LogP contribution in [0.15, 0.2) is 121 Å². The Balaban J connectivity index is 1.28. The van der Waals surface area contributed by atoms with Crippen LogP contribution in [0.4, 0.5) is 0 Å². The Bertz CT molecular complexity index is 1340. The number of hydrogen-bond donors (Lipinski definition) is 0. The van der Waals surface area contributed by atoms with E-state index in [1.54, 1.807) is 19.1 Å². The second-order valence-electron chi connectivity index (χ2n) is 9.01. The highest BCUT2D eigenvalue weighted by Gasteiger charge is 2.16. The summed E-state index contributed by atoms with van der Waals surface area (Å²) in [6.45, 7) is 1.65. The van der Waals surface area contributed by atoms with E-state index in [0.29, 0.717) is 0 Å². The molecule has 0 amide bonds. The van der Waals surface area contributed by atoms with Crippen molar-refractivity contribution in [2.45, 2.75) is 6.92 Å². The minimum absolute atomic E-state index is 0.214. The summed E-state index contributed by atoms with van der Waals surface area (Å²) < 4.78 is 0. The third-order valence-electron chi connectivity index (χ3n) is 6.14. The fraction of sp³-hybridized carbons (Fsp3) is 0.0556. The fourth-order valence-electron chi connectivity index (χ4n) is 3.74. The molecular formula is C36H30O2. The molecule has 0 radical (unpaired) electrons. The smallest absolute Gasteiger partial charge is 0.166 e. The van der Waals surface area contributed by atoms with E-state index in [9.17, 15) is 9.59 Å². The Kier molecular flexibility index (Phi) is 9.31. The number of ketones is 2. The molecule has 0 N–H and O–H groups in total. The molecule has 0 unspecified atom stereocenters. The van der Waals surface area contributed by atoms with Gasteiger partial charge in [0.05, 0.1) is 5.92 Å². The van der Waals surface area contributed by atoms with Gasteiger partial charge in [-0.15, -0.1) is 0 Å². The van der Waals surface area contributed by atoms with Crippen molar-refractivity contribution in [2.24, 2.45) is 5.92 Å². The van der Waals surface area contributed by atoms with Gasteiger partial charge in [-0.2, -0.15) is 0 Å². The molecule has 0 aliphatic rings. The highest BCUT2D eigenvalue weighted by atomic mass is 16.1. The standard InChI is InChI=1S/C36H30O2/c1-28(35(37)26-24-33-20-16-31(17-21-33)14-12-29-8-4-2-5-9-29)36(38)27-25-34-22-18-32(19-23-34)15-13-30-10-6-3-7-11-30/h2-28H,1H3/b14-12+,15-13+,26-24+,27-25+. The zero-order chi connectivity index (χ0) is 26.6. The Labute approximate surface area is 225 Å². The molecule has 0 atom stereocenters. The summed E-state index contributed by atoms with van der Waals surface area (Å²) >= 11 is 0. The third kappa shape index (κ3) is 8.11. The van der Waals surface area contributed by atoms with Crippen LogP contribution in [0, 0.1) is 5.92 Å². The summed E-state index contributed by atoms with van der Waals surface area (Å²) in [4.78, 5) is 25.1. The lowest BCUT2D eigenvalue weighted by atomic mass is 9.99. The molecule has 38 heavy (non-hydrogen) atoms. The van der Waals surface area contributed by atoms with Crippen molar-refractivity contribution in [2.75, 3.05) is 0 Å². The van der Waals surface area contributed by atoms with Gasteiger partial charge in [-0.25, -0.2) is 0 Å². The first-order chi connectivity index (χ1) is 18.6. The van der Waals surface area contributed by atoms with E-state index in [1.807, 2.05) is 84.9 Å². The predicted octanol–water partition coefficient (Wildman–Crippen LogP) is 8.53. The van der Waals surface area contributed by atoms with Gasteiger partial charge in [-0.3, -0.25) is 9.59 Å². The zero-order valence-electron chi connectivity index (χ0n) is 21.4.